The Balaban J connectivity index is 1.87. The molecule has 0 saturated carbocycles. The molecule has 20 heavy (non-hydrogen) atoms. The monoisotopic (exact) mass is 277 g/mol. The molecule has 0 aliphatic carbocycles. The number of aliphatic hydroxyl groups excluding tert-OH is 1. The van der Waals surface area contributed by atoms with Gasteiger partial charge in [-0.15, -0.1) is 0 Å². The average Bonchev–Trinajstić information content (AvgIpc) is 2.89. The molecule has 1 aliphatic rings. The van der Waals surface area contributed by atoms with Gasteiger partial charge in [0.1, 0.15) is 0 Å². The quantitative estimate of drug-likeness (QED) is 0.709. The van der Waals surface area contributed by atoms with Crippen LogP contribution in [0.5, 0.6) is 0 Å². The number of hydrogen-bond donors (Lipinski definition) is 3. The molecule has 0 bridgehead atoms. The summed E-state index contributed by atoms with van der Waals surface area (Å²) >= 11 is 0. The number of benzene rings is 1. The summed E-state index contributed by atoms with van der Waals surface area (Å²) in [6.45, 7) is 3.95. The first-order valence-electron chi connectivity index (χ1n) is 7.11. The predicted octanol–water partition coefficient (Wildman–Crippen LogP) is 1.30. The van der Waals surface area contributed by atoms with E-state index in [2.05, 4.69) is 10.2 Å². The molecule has 5 nitrogen and oxygen atoms in total. The fourth-order valence-electron chi connectivity index (χ4n) is 2.61. The van der Waals surface area contributed by atoms with E-state index in [1.54, 1.807) is 24.3 Å². The highest BCUT2D eigenvalue weighted by Gasteiger charge is 2.29. The smallest absolute Gasteiger partial charge is 0.241 e. The summed E-state index contributed by atoms with van der Waals surface area (Å²) in [5.74, 6) is 0.506. The van der Waals surface area contributed by atoms with Crippen molar-refractivity contribution in [2.24, 2.45) is 5.92 Å². The number of rotatable bonds is 5. The summed E-state index contributed by atoms with van der Waals surface area (Å²) in [6, 6.07) is 6.99. The van der Waals surface area contributed by atoms with Gasteiger partial charge in [-0.2, -0.15) is 0 Å². The van der Waals surface area contributed by atoms with E-state index in [-0.39, 0.29) is 18.6 Å². The van der Waals surface area contributed by atoms with Crippen molar-refractivity contribution in [2.45, 2.75) is 25.8 Å². The van der Waals surface area contributed by atoms with Crippen LogP contribution in [0.15, 0.2) is 24.3 Å². The van der Waals surface area contributed by atoms with E-state index in [1.165, 1.54) is 0 Å². The molecule has 1 amide bonds. The lowest BCUT2D eigenvalue weighted by Crippen LogP contribution is -2.40. The molecule has 110 valence electrons. The number of nitrogens with one attached hydrogen (secondary N) is 1. The molecule has 2 unspecified atom stereocenters. The Morgan fingerprint density at radius 1 is 1.50 bits per heavy atom. The summed E-state index contributed by atoms with van der Waals surface area (Å²) in [6.07, 6.45) is 1.88. The van der Waals surface area contributed by atoms with Crippen molar-refractivity contribution < 1.29 is 9.90 Å². The Kier molecular flexibility index (Phi) is 4.98. The number of amides is 1. The third-order valence-corrected chi connectivity index (χ3v) is 3.96. The van der Waals surface area contributed by atoms with E-state index in [1.807, 2.05) is 6.92 Å². The zero-order chi connectivity index (χ0) is 14.5. The maximum Gasteiger partial charge on any atom is 0.241 e. The van der Waals surface area contributed by atoms with Crippen molar-refractivity contribution in [2.75, 3.05) is 30.7 Å². The standard InChI is InChI=1S/C15H23N3O2/c1-11(18-8-6-12(10-18)7-9-19)15(20)17-14-4-2-13(16)3-5-14/h2-5,11-12,19H,6-10,16H2,1H3,(H,17,20). The van der Waals surface area contributed by atoms with Gasteiger partial charge in [0.05, 0.1) is 6.04 Å². The average molecular weight is 277 g/mol. The van der Waals surface area contributed by atoms with Gasteiger partial charge in [-0.05, 0) is 56.5 Å². The van der Waals surface area contributed by atoms with Crippen LogP contribution < -0.4 is 11.1 Å². The fourth-order valence-corrected chi connectivity index (χ4v) is 2.61. The van der Waals surface area contributed by atoms with Crippen LogP contribution in [0.25, 0.3) is 0 Å². The summed E-state index contributed by atoms with van der Waals surface area (Å²) < 4.78 is 0. The zero-order valence-corrected chi connectivity index (χ0v) is 11.9. The maximum atomic E-state index is 12.2. The summed E-state index contributed by atoms with van der Waals surface area (Å²) in [7, 11) is 0. The number of nitrogens with zero attached hydrogens (tertiary/aromatic N) is 1. The van der Waals surface area contributed by atoms with Crippen molar-refractivity contribution in [1.29, 1.82) is 0 Å². The number of aliphatic hydroxyl groups is 1. The Morgan fingerprint density at radius 2 is 2.20 bits per heavy atom. The predicted molar refractivity (Wildman–Crippen MR) is 80.3 cm³/mol. The molecular weight excluding hydrogens is 254 g/mol. The first kappa shape index (κ1) is 14.8. The van der Waals surface area contributed by atoms with E-state index < -0.39 is 0 Å². The van der Waals surface area contributed by atoms with Crippen molar-refractivity contribution in [3.8, 4) is 0 Å². The Bertz CT molecular complexity index is 447. The van der Waals surface area contributed by atoms with Gasteiger partial charge >= 0.3 is 0 Å². The van der Waals surface area contributed by atoms with Gasteiger partial charge in [0.15, 0.2) is 0 Å². The van der Waals surface area contributed by atoms with Crippen LogP contribution in [-0.2, 0) is 4.79 Å². The summed E-state index contributed by atoms with van der Waals surface area (Å²) in [4.78, 5) is 14.4. The highest BCUT2D eigenvalue weighted by molar-refractivity contribution is 5.94. The Hall–Kier alpha value is -1.59. The molecule has 5 heteroatoms. The SMILES string of the molecule is CC(C(=O)Nc1ccc(N)cc1)N1CCC(CCO)C1. The lowest BCUT2D eigenvalue weighted by atomic mass is 10.1. The lowest BCUT2D eigenvalue weighted by molar-refractivity contribution is -0.120. The third-order valence-electron chi connectivity index (χ3n) is 3.96. The van der Waals surface area contributed by atoms with Crippen LogP contribution in [-0.4, -0.2) is 41.7 Å². The van der Waals surface area contributed by atoms with Gasteiger partial charge in [-0.1, -0.05) is 0 Å². The molecule has 0 aromatic heterocycles. The topological polar surface area (TPSA) is 78.6 Å². The minimum Gasteiger partial charge on any atom is -0.399 e. The maximum absolute atomic E-state index is 12.2. The number of hydrogen-bond acceptors (Lipinski definition) is 4. The van der Waals surface area contributed by atoms with E-state index in [0.29, 0.717) is 11.6 Å². The number of carbonyl (C=O) groups is 1. The van der Waals surface area contributed by atoms with Crippen LogP contribution in [0.4, 0.5) is 11.4 Å². The Morgan fingerprint density at radius 3 is 2.85 bits per heavy atom. The van der Waals surface area contributed by atoms with Crippen LogP contribution in [0, 0.1) is 5.92 Å². The van der Waals surface area contributed by atoms with Gasteiger partial charge in [0, 0.05) is 24.5 Å². The molecule has 1 fully saturated rings. The molecule has 0 radical (unpaired) electrons. The molecule has 4 N–H and O–H groups in total. The van der Waals surface area contributed by atoms with Gasteiger partial charge < -0.3 is 16.2 Å². The van der Waals surface area contributed by atoms with E-state index in [9.17, 15) is 4.79 Å². The second-order valence-electron chi connectivity index (χ2n) is 5.45. The minimum atomic E-state index is -0.156. The van der Waals surface area contributed by atoms with Crippen LogP contribution in [0.2, 0.25) is 0 Å². The highest BCUT2D eigenvalue weighted by atomic mass is 16.3. The van der Waals surface area contributed by atoms with Crippen LogP contribution in [0.3, 0.4) is 0 Å². The van der Waals surface area contributed by atoms with Crippen molar-refractivity contribution in [3.05, 3.63) is 24.3 Å². The Labute approximate surface area is 119 Å². The van der Waals surface area contributed by atoms with Crippen LogP contribution >= 0.6 is 0 Å². The van der Waals surface area contributed by atoms with Gasteiger partial charge in [0.2, 0.25) is 5.91 Å². The molecule has 1 aromatic carbocycles. The lowest BCUT2D eigenvalue weighted by Gasteiger charge is -2.23. The first-order chi connectivity index (χ1) is 9.60. The number of anilines is 2. The molecule has 2 rings (SSSR count). The van der Waals surface area contributed by atoms with Crippen LogP contribution in [0.1, 0.15) is 19.8 Å². The molecular formula is C15H23N3O2. The molecule has 2 atom stereocenters. The minimum absolute atomic E-state index is 0.000537. The van der Waals surface area contributed by atoms with Crippen molar-refractivity contribution in [3.63, 3.8) is 0 Å². The van der Waals surface area contributed by atoms with E-state index in [4.69, 9.17) is 10.8 Å². The second kappa shape index (κ2) is 6.72. The van der Waals surface area contributed by atoms with Gasteiger partial charge in [0.25, 0.3) is 0 Å². The molecule has 1 saturated heterocycles. The van der Waals surface area contributed by atoms with E-state index >= 15 is 0 Å². The first-order valence-corrected chi connectivity index (χ1v) is 7.11. The number of nitrogens with two attached hydrogens (primary N) is 1. The number of carbonyl (C=O) groups excluding carboxylic acids is 1. The molecule has 0 spiro atoms. The van der Waals surface area contributed by atoms with Crippen molar-refractivity contribution in [1.82, 2.24) is 4.90 Å². The molecule has 1 aliphatic heterocycles. The second-order valence-corrected chi connectivity index (χ2v) is 5.45. The van der Waals surface area contributed by atoms with Crippen molar-refractivity contribution >= 4 is 17.3 Å². The summed E-state index contributed by atoms with van der Waals surface area (Å²) in [5.41, 5.74) is 7.07. The highest BCUT2D eigenvalue weighted by Crippen LogP contribution is 2.22. The summed E-state index contributed by atoms with van der Waals surface area (Å²) in [5, 5.41) is 11.9. The zero-order valence-electron chi connectivity index (χ0n) is 11.9. The largest absolute Gasteiger partial charge is 0.399 e. The number of nitrogen functional groups attached to an aromatic ring is 1. The third kappa shape index (κ3) is 3.71. The van der Waals surface area contributed by atoms with Gasteiger partial charge in [-0.25, -0.2) is 0 Å². The molecule has 1 aromatic rings. The number of likely N-dealkylation sites (tertiary alicyclic amines) is 1. The molecule has 1 heterocycles. The van der Waals surface area contributed by atoms with Gasteiger partial charge in [-0.3, -0.25) is 9.69 Å². The normalized spacial score (nSPS) is 20.8. The van der Waals surface area contributed by atoms with E-state index in [0.717, 1.165) is 31.6 Å². The fraction of sp³-hybridized carbons (Fsp3) is 0.533.